The summed E-state index contributed by atoms with van der Waals surface area (Å²) in [6, 6.07) is 10.9. The standard InChI is InChI=1S/C32H34N6O5/c1-19-3-2-4-23-20(16-33-29(19)23)5-10-28(40)37-17-22(18-37)36-13-11-35(12-14-36)21-6-7-24-25(15-21)32(43)38(31(24)42)26-8-9-27(39)34-30(26)41/h2-4,6-7,15-16,22,26,33H,5,8-14,17-18H2,1H3,(H,34,39,41). The van der Waals surface area contributed by atoms with Crippen molar-refractivity contribution >= 4 is 46.1 Å². The molecule has 0 saturated carbocycles. The van der Waals surface area contributed by atoms with Crippen molar-refractivity contribution < 1.29 is 24.0 Å². The van der Waals surface area contributed by atoms with Gasteiger partial charge in [-0.05, 0) is 49.1 Å². The van der Waals surface area contributed by atoms with E-state index in [1.54, 1.807) is 12.1 Å². The monoisotopic (exact) mass is 582 g/mol. The zero-order valence-corrected chi connectivity index (χ0v) is 24.1. The minimum atomic E-state index is -0.969. The lowest BCUT2D eigenvalue weighted by molar-refractivity contribution is -0.139. The van der Waals surface area contributed by atoms with Gasteiger partial charge in [0.1, 0.15) is 6.04 Å². The number of carbonyl (C=O) groups is 5. The summed E-state index contributed by atoms with van der Waals surface area (Å²) in [6.07, 6.45) is 3.48. The number of rotatable bonds is 6. The van der Waals surface area contributed by atoms with Crippen LogP contribution in [-0.2, 0) is 20.8 Å². The third kappa shape index (κ3) is 4.77. The van der Waals surface area contributed by atoms with Crippen LogP contribution in [0.2, 0.25) is 0 Å². The lowest BCUT2D eigenvalue weighted by Gasteiger charge is -2.48. The van der Waals surface area contributed by atoms with Crippen molar-refractivity contribution in [3.63, 3.8) is 0 Å². The Kier molecular flexibility index (Phi) is 6.76. The van der Waals surface area contributed by atoms with Crippen LogP contribution < -0.4 is 10.2 Å². The largest absolute Gasteiger partial charge is 0.369 e. The summed E-state index contributed by atoms with van der Waals surface area (Å²) in [7, 11) is 0. The molecule has 3 fully saturated rings. The molecule has 3 saturated heterocycles. The van der Waals surface area contributed by atoms with Gasteiger partial charge in [-0.2, -0.15) is 0 Å². The normalized spacial score (nSPS) is 21.4. The Morgan fingerprint density at radius 3 is 2.49 bits per heavy atom. The third-order valence-corrected chi connectivity index (χ3v) is 9.45. The molecule has 0 bridgehead atoms. The maximum Gasteiger partial charge on any atom is 0.262 e. The zero-order valence-electron chi connectivity index (χ0n) is 24.1. The Balaban J connectivity index is 0.910. The molecule has 5 heterocycles. The van der Waals surface area contributed by atoms with Crippen LogP contribution in [0, 0.1) is 6.92 Å². The molecule has 0 aliphatic carbocycles. The second-order valence-corrected chi connectivity index (χ2v) is 12.0. The molecule has 1 unspecified atom stereocenters. The number of aromatic amines is 1. The van der Waals surface area contributed by atoms with Gasteiger partial charge in [0, 0.05) is 80.9 Å². The van der Waals surface area contributed by atoms with Gasteiger partial charge in [-0.15, -0.1) is 0 Å². The molecule has 2 N–H and O–H groups in total. The number of imide groups is 2. The van der Waals surface area contributed by atoms with Crippen LogP contribution in [0.3, 0.4) is 0 Å². The van der Waals surface area contributed by atoms with Crippen molar-refractivity contribution in [2.45, 2.75) is 44.7 Å². The Labute approximate surface area is 248 Å². The molecule has 11 heteroatoms. The number of H-pyrrole nitrogens is 1. The SMILES string of the molecule is Cc1cccc2c(CCC(=O)N3CC(N4CCN(c5ccc6c(c5)C(=O)N(C5CCC(=O)NC5=O)C6=O)CC4)C3)c[nH]c12. The van der Waals surface area contributed by atoms with Crippen LogP contribution in [0.1, 0.15) is 51.1 Å². The molecule has 2 aromatic carbocycles. The Bertz CT molecular complexity index is 1670. The topological polar surface area (TPSA) is 126 Å². The van der Waals surface area contributed by atoms with Gasteiger partial charge < -0.3 is 14.8 Å². The van der Waals surface area contributed by atoms with Crippen molar-refractivity contribution in [1.82, 2.24) is 25.0 Å². The minimum Gasteiger partial charge on any atom is -0.369 e. The minimum absolute atomic E-state index is 0.0943. The summed E-state index contributed by atoms with van der Waals surface area (Å²) in [4.78, 5) is 73.9. The van der Waals surface area contributed by atoms with E-state index in [1.807, 2.05) is 17.2 Å². The number of fused-ring (bicyclic) bond motifs is 2. The van der Waals surface area contributed by atoms with Crippen LogP contribution in [0.5, 0.6) is 0 Å². The predicted molar refractivity (Wildman–Crippen MR) is 159 cm³/mol. The number of nitrogens with one attached hydrogen (secondary N) is 2. The average molecular weight is 583 g/mol. The predicted octanol–water partition coefficient (Wildman–Crippen LogP) is 1.84. The molecule has 1 atom stereocenters. The molecular weight excluding hydrogens is 548 g/mol. The second-order valence-electron chi connectivity index (χ2n) is 12.0. The fraction of sp³-hybridized carbons (Fsp3) is 0.406. The van der Waals surface area contributed by atoms with E-state index >= 15 is 0 Å². The van der Waals surface area contributed by atoms with E-state index in [4.69, 9.17) is 0 Å². The number of amides is 5. The molecule has 7 rings (SSSR count). The first-order valence-electron chi connectivity index (χ1n) is 15.0. The van der Waals surface area contributed by atoms with E-state index in [1.165, 1.54) is 16.5 Å². The Morgan fingerprint density at radius 2 is 1.72 bits per heavy atom. The van der Waals surface area contributed by atoms with Gasteiger partial charge in [0.2, 0.25) is 17.7 Å². The van der Waals surface area contributed by atoms with Crippen LogP contribution >= 0.6 is 0 Å². The van der Waals surface area contributed by atoms with E-state index in [9.17, 15) is 24.0 Å². The average Bonchev–Trinajstić information content (AvgIpc) is 3.50. The quantitative estimate of drug-likeness (QED) is 0.425. The van der Waals surface area contributed by atoms with Gasteiger partial charge in [0.15, 0.2) is 0 Å². The molecule has 0 radical (unpaired) electrons. The Hall–Kier alpha value is -4.51. The number of nitrogens with zero attached hydrogens (tertiary/aromatic N) is 4. The lowest BCUT2D eigenvalue weighted by Crippen LogP contribution is -2.64. The summed E-state index contributed by atoms with van der Waals surface area (Å²) in [6.45, 7) is 6.79. The van der Waals surface area contributed by atoms with Crippen LogP contribution in [0.15, 0.2) is 42.6 Å². The fourth-order valence-corrected chi connectivity index (χ4v) is 6.86. The summed E-state index contributed by atoms with van der Waals surface area (Å²) in [5, 5.41) is 3.42. The number of anilines is 1. The first-order chi connectivity index (χ1) is 20.8. The van der Waals surface area contributed by atoms with Gasteiger partial charge in [-0.3, -0.25) is 39.1 Å². The van der Waals surface area contributed by atoms with Crippen molar-refractivity contribution in [2.75, 3.05) is 44.2 Å². The third-order valence-electron chi connectivity index (χ3n) is 9.45. The van der Waals surface area contributed by atoms with Crippen molar-refractivity contribution in [1.29, 1.82) is 0 Å². The van der Waals surface area contributed by atoms with Crippen molar-refractivity contribution in [2.24, 2.45) is 0 Å². The van der Waals surface area contributed by atoms with Crippen LogP contribution in [0.25, 0.3) is 10.9 Å². The van der Waals surface area contributed by atoms with Gasteiger partial charge in [0.25, 0.3) is 11.8 Å². The maximum atomic E-state index is 13.2. The molecule has 4 aliphatic heterocycles. The highest BCUT2D eigenvalue weighted by Crippen LogP contribution is 2.31. The molecule has 5 amide bonds. The Morgan fingerprint density at radius 1 is 0.953 bits per heavy atom. The summed E-state index contributed by atoms with van der Waals surface area (Å²) >= 11 is 0. The number of likely N-dealkylation sites (tertiary alicyclic amines) is 1. The van der Waals surface area contributed by atoms with Gasteiger partial charge >= 0.3 is 0 Å². The number of aryl methyl sites for hydroxylation is 2. The summed E-state index contributed by atoms with van der Waals surface area (Å²) < 4.78 is 0. The summed E-state index contributed by atoms with van der Waals surface area (Å²) in [5.74, 6) is -1.79. The number of hydrogen-bond acceptors (Lipinski definition) is 7. The van der Waals surface area contributed by atoms with Gasteiger partial charge in [-0.1, -0.05) is 18.2 Å². The molecule has 0 spiro atoms. The second kappa shape index (κ2) is 10.6. The van der Waals surface area contributed by atoms with Crippen LogP contribution in [0.4, 0.5) is 5.69 Å². The number of para-hydroxylation sites is 1. The molecule has 1 aromatic heterocycles. The number of piperidine rings is 1. The number of aromatic nitrogens is 1. The summed E-state index contributed by atoms with van der Waals surface area (Å²) in [5.41, 5.74) is 4.98. The van der Waals surface area contributed by atoms with Gasteiger partial charge in [-0.25, -0.2) is 0 Å². The molecule has 4 aliphatic rings. The molecular formula is C32H34N6O5. The van der Waals surface area contributed by atoms with E-state index in [0.29, 0.717) is 18.0 Å². The highest BCUT2D eigenvalue weighted by molar-refractivity contribution is 6.23. The maximum absolute atomic E-state index is 13.2. The number of hydrogen-bond donors (Lipinski definition) is 2. The molecule has 43 heavy (non-hydrogen) atoms. The number of benzene rings is 2. The van der Waals surface area contributed by atoms with E-state index in [2.05, 4.69) is 45.2 Å². The number of piperazine rings is 1. The molecule has 222 valence electrons. The first-order valence-corrected chi connectivity index (χ1v) is 15.0. The van der Waals surface area contributed by atoms with E-state index in [0.717, 1.165) is 61.8 Å². The molecule has 3 aromatic rings. The van der Waals surface area contributed by atoms with E-state index in [-0.39, 0.29) is 24.3 Å². The van der Waals surface area contributed by atoms with Gasteiger partial charge in [0.05, 0.1) is 11.1 Å². The van der Waals surface area contributed by atoms with E-state index < -0.39 is 29.7 Å². The van der Waals surface area contributed by atoms with Crippen molar-refractivity contribution in [3.05, 3.63) is 64.8 Å². The smallest absolute Gasteiger partial charge is 0.262 e. The fourth-order valence-electron chi connectivity index (χ4n) is 6.86. The highest BCUT2D eigenvalue weighted by Gasteiger charge is 2.45. The number of carbonyl (C=O) groups excluding carboxylic acids is 5. The zero-order chi connectivity index (χ0) is 29.8. The highest BCUT2D eigenvalue weighted by atomic mass is 16.2. The molecule has 11 nitrogen and oxygen atoms in total. The van der Waals surface area contributed by atoms with Crippen LogP contribution in [-0.4, -0.2) is 101 Å². The first kappa shape index (κ1) is 27.3. The lowest BCUT2D eigenvalue weighted by atomic mass is 10.0. The van der Waals surface area contributed by atoms with Crippen molar-refractivity contribution in [3.8, 4) is 0 Å².